The summed E-state index contributed by atoms with van der Waals surface area (Å²) in [7, 11) is -4.12. The highest BCUT2D eigenvalue weighted by Crippen LogP contribution is 2.40. The molecule has 1 aliphatic heterocycles. The topological polar surface area (TPSA) is 128 Å². The number of carbonyl (C=O) groups is 1. The van der Waals surface area contributed by atoms with E-state index in [2.05, 4.69) is 21.2 Å². The van der Waals surface area contributed by atoms with Gasteiger partial charge < -0.3 is 15.8 Å². The molecule has 5 rings (SSSR count). The molecule has 0 bridgehead atoms. The first kappa shape index (κ1) is 16.6. The quantitative estimate of drug-likeness (QED) is 0.693. The zero-order valence-electron chi connectivity index (χ0n) is 14.5. The van der Waals surface area contributed by atoms with Gasteiger partial charge in [-0.3, -0.25) is 0 Å². The number of sulfonamides is 1. The predicted molar refractivity (Wildman–Crippen MR) is 96.3 cm³/mol. The number of rotatable bonds is 3. The minimum absolute atomic E-state index is 0.102. The molecule has 3 aliphatic rings. The number of ether oxygens (including phenoxy) is 1. The Morgan fingerprint density at radius 3 is 2.56 bits per heavy atom. The third-order valence-electron chi connectivity index (χ3n) is 5.37. The van der Waals surface area contributed by atoms with Crippen molar-refractivity contribution in [3.63, 3.8) is 0 Å². The first-order valence-electron chi connectivity index (χ1n) is 8.87. The van der Waals surface area contributed by atoms with Gasteiger partial charge in [0.05, 0.1) is 18.8 Å². The highest BCUT2D eigenvalue weighted by molar-refractivity contribution is 7.90. The van der Waals surface area contributed by atoms with E-state index in [0.29, 0.717) is 6.54 Å². The normalized spacial score (nSPS) is 19.5. The summed E-state index contributed by atoms with van der Waals surface area (Å²) in [5.41, 5.74) is 11.3. The number of benzene rings is 1. The van der Waals surface area contributed by atoms with E-state index in [1.54, 1.807) is 0 Å². The molecule has 9 nitrogen and oxygen atoms in total. The number of amides is 2. The lowest BCUT2D eigenvalue weighted by molar-refractivity contribution is 0.200. The van der Waals surface area contributed by atoms with Crippen LogP contribution in [0, 0.1) is 0 Å². The first-order chi connectivity index (χ1) is 12.9. The van der Waals surface area contributed by atoms with E-state index >= 15 is 0 Å². The second kappa shape index (κ2) is 5.70. The number of hydrogen-bond donors (Lipinski definition) is 3. The fourth-order valence-electron chi connectivity index (χ4n) is 3.82. The molecular formula is C17H19N5O4S. The number of hydrogen-bond acceptors (Lipinski definition) is 6. The maximum Gasteiger partial charge on any atom is 0.333 e. The van der Waals surface area contributed by atoms with Gasteiger partial charge in [-0.05, 0) is 47.9 Å². The van der Waals surface area contributed by atoms with Crippen molar-refractivity contribution in [3.8, 4) is 5.88 Å². The van der Waals surface area contributed by atoms with Crippen molar-refractivity contribution in [1.29, 1.82) is 0 Å². The summed E-state index contributed by atoms with van der Waals surface area (Å²) >= 11 is 0. The van der Waals surface area contributed by atoms with E-state index in [1.807, 2.05) is 0 Å². The van der Waals surface area contributed by atoms with Gasteiger partial charge in [-0.25, -0.2) is 22.6 Å². The molecule has 1 aromatic carbocycles. The molecule has 1 unspecified atom stereocenters. The lowest BCUT2D eigenvalue weighted by Crippen LogP contribution is -2.39. The lowest BCUT2D eigenvalue weighted by Gasteiger charge is -2.32. The molecule has 0 saturated heterocycles. The Morgan fingerprint density at radius 2 is 1.93 bits per heavy atom. The van der Waals surface area contributed by atoms with E-state index in [0.717, 1.165) is 42.5 Å². The molecule has 2 heterocycles. The van der Waals surface area contributed by atoms with E-state index in [1.165, 1.54) is 22.0 Å². The van der Waals surface area contributed by atoms with Crippen molar-refractivity contribution >= 4 is 21.7 Å². The van der Waals surface area contributed by atoms with Gasteiger partial charge in [0.2, 0.25) is 5.88 Å². The van der Waals surface area contributed by atoms with Crippen molar-refractivity contribution in [1.82, 2.24) is 14.5 Å². The molecule has 2 aromatic rings. The van der Waals surface area contributed by atoms with E-state index < -0.39 is 16.1 Å². The Morgan fingerprint density at radius 1 is 1.22 bits per heavy atom. The average molecular weight is 389 g/mol. The van der Waals surface area contributed by atoms with Crippen molar-refractivity contribution in [2.24, 2.45) is 5.73 Å². The SMILES string of the molecule is NC1COc2c(S(=O)(=O)NC(=O)Nc3c4c(cc5c3CC5)CC4)cnn2C1. The van der Waals surface area contributed by atoms with Crippen LogP contribution >= 0.6 is 0 Å². The van der Waals surface area contributed by atoms with Crippen LogP contribution in [0.5, 0.6) is 5.88 Å². The van der Waals surface area contributed by atoms with Gasteiger partial charge in [-0.1, -0.05) is 6.07 Å². The minimum atomic E-state index is -4.12. The first-order valence-corrected chi connectivity index (χ1v) is 10.3. The summed E-state index contributed by atoms with van der Waals surface area (Å²) < 4.78 is 34.2. The second-order valence-electron chi connectivity index (χ2n) is 7.15. The molecule has 142 valence electrons. The number of aromatic nitrogens is 2. The fraction of sp³-hybridized carbons (Fsp3) is 0.412. The lowest BCUT2D eigenvalue weighted by atomic mass is 9.76. The van der Waals surface area contributed by atoms with Crippen LogP contribution in [0.3, 0.4) is 0 Å². The molecule has 10 heteroatoms. The third-order valence-corrected chi connectivity index (χ3v) is 6.69. The summed E-state index contributed by atoms with van der Waals surface area (Å²) in [6, 6.07) is 1.16. The Balaban J connectivity index is 1.38. The summed E-state index contributed by atoms with van der Waals surface area (Å²) in [5, 5.41) is 6.75. The van der Waals surface area contributed by atoms with Crippen LogP contribution in [0.1, 0.15) is 22.3 Å². The molecule has 1 atom stereocenters. The number of nitrogens with one attached hydrogen (secondary N) is 2. The van der Waals surface area contributed by atoms with E-state index in [-0.39, 0.29) is 23.4 Å². The third kappa shape index (κ3) is 2.59. The monoisotopic (exact) mass is 389 g/mol. The van der Waals surface area contributed by atoms with Crippen molar-refractivity contribution in [2.75, 3.05) is 11.9 Å². The number of fused-ring (bicyclic) bond motifs is 3. The van der Waals surface area contributed by atoms with E-state index in [9.17, 15) is 13.2 Å². The molecule has 0 spiro atoms. The van der Waals surface area contributed by atoms with Crippen LogP contribution < -0.4 is 20.5 Å². The van der Waals surface area contributed by atoms with Crippen LogP contribution in [0.2, 0.25) is 0 Å². The van der Waals surface area contributed by atoms with E-state index in [4.69, 9.17) is 10.5 Å². The molecule has 4 N–H and O–H groups in total. The van der Waals surface area contributed by atoms with Crippen molar-refractivity contribution in [2.45, 2.75) is 43.2 Å². The molecule has 27 heavy (non-hydrogen) atoms. The van der Waals surface area contributed by atoms with Gasteiger partial charge in [-0.2, -0.15) is 5.10 Å². The zero-order chi connectivity index (χ0) is 18.8. The summed E-state index contributed by atoms with van der Waals surface area (Å²) in [6.07, 6.45) is 4.97. The van der Waals surface area contributed by atoms with Gasteiger partial charge in [0, 0.05) is 5.69 Å². The Bertz CT molecular complexity index is 1050. The Kier molecular flexibility index (Phi) is 3.50. The Labute approximate surface area is 155 Å². The molecule has 1 aromatic heterocycles. The Hall–Kier alpha value is -2.59. The molecule has 0 radical (unpaired) electrons. The van der Waals surface area contributed by atoms with Crippen LogP contribution in [0.25, 0.3) is 0 Å². The average Bonchev–Trinajstić information content (AvgIpc) is 2.95. The van der Waals surface area contributed by atoms with Gasteiger partial charge in [-0.15, -0.1) is 0 Å². The van der Waals surface area contributed by atoms with Crippen LogP contribution in [-0.4, -0.2) is 36.9 Å². The number of nitrogens with zero attached hydrogens (tertiary/aromatic N) is 2. The molecular weight excluding hydrogens is 370 g/mol. The summed E-state index contributed by atoms with van der Waals surface area (Å²) in [6.45, 7) is 0.558. The van der Waals surface area contributed by atoms with Crippen LogP contribution in [0.4, 0.5) is 10.5 Å². The number of aryl methyl sites for hydroxylation is 2. The van der Waals surface area contributed by atoms with Crippen molar-refractivity contribution < 1.29 is 17.9 Å². The zero-order valence-corrected chi connectivity index (χ0v) is 15.3. The fourth-order valence-corrected chi connectivity index (χ4v) is 4.80. The van der Waals surface area contributed by atoms with Gasteiger partial charge >= 0.3 is 6.03 Å². The smallest absolute Gasteiger partial charge is 0.333 e. The summed E-state index contributed by atoms with van der Waals surface area (Å²) in [5.74, 6) is 0.102. The predicted octanol–water partition coefficient (Wildman–Crippen LogP) is 0.310. The van der Waals surface area contributed by atoms with Gasteiger partial charge in [0.25, 0.3) is 10.0 Å². The number of urea groups is 1. The van der Waals surface area contributed by atoms with Gasteiger partial charge in [0.1, 0.15) is 6.61 Å². The van der Waals surface area contributed by atoms with Crippen LogP contribution in [0.15, 0.2) is 17.2 Å². The molecule has 0 saturated carbocycles. The minimum Gasteiger partial charge on any atom is -0.475 e. The van der Waals surface area contributed by atoms with Gasteiger partial charge in [0.15, 0.2) is 4.90 Å². The molecule has 2 amide bonds. The van der Waals surface area contributed by atoms with Crippen molar-refractivity contribution in [3.05, 3.63) is 34.5 Å². The standard InChI is InChI=1S/C17H19N5O4S/c18-11-7-22-16(26-8-11)14(6-19-22)27(24,25)21-17(23)20-15-12-3-1-9(12)5-10-2-4-13(10)15/h5-6,11H,1-4,7-8,18H2,(H2,20,21,23). The largest absolute Gasteiger partial charge is 0.475 e. The summed E-state index contributed by atoms with van der Waals surface area (Å²) in [4.78, 5) is 12.3. The maximum absolute atomic E-state index is 12.6. The highest BCUT2D eigenvalue weighted by Gasteiger charge is 2.32. The van der Waals surface area contributed by atoms with Crippen LogP contribution in [-0.2, 0) is 42.3 Å². The number of nitrogens with two attached hydrogens (primary N) is 1. The number of carbonyl (C=O) groups excluding carboxylic acids is 1. The maximum atomic E-state index is 12.6. The molecule has 2 aliphatic carbocycles. The number of anilines is 1. The molecule has 0 fully saturated rings. The highest BCUT2D eigenvalue weighted by atomic mass is 32.2. The second-order valence-corrected chi connectivity index (χ2v) is 8.80.